The van der Waals surface area contributed by atoms with Crippen LogP contribution in [0.1, 0.15) is 27.8 Å². The lowest BCUT2D eigenvalue weighted by Crippen LogP contribution is -2.18. The smallest absolute Gasteiger partial charge is 0.343 e. The Labute approximate surface area is 170 Å². The molecule has 3 aromatic heterocycles. The maximum Gasteiger partial charge on any atom is 0.343 e. The van der Waals surface area contributed by atoms with Crippen LogP contribution >= 0.6 is 11.3 Å². The van der Waals surface area contributed by atoms with Gasteiger partial charge < -0.3 is 10.1 Å². The lowest BCUT2D eigenvalue weighted by molar-refractivity contribution is 0.0527. The second-order valence-electron chi connectivity index (χ2n) is 5.97. The molecule has 0 atom stereocenters. The third kappa shape index (κ3) is 3.81. The largest absolute Gasteiger partial charge is 0.462 e. The molecule has 0 aliphatic heterocycles. The predicted molar refractivity (Wildman–Crippen MR) is 109 cm³/mol. The lowest BCUT2D eigenvalue weighted by atomic mass is 10.2. The molecule has 4 aromatic rings. The van der Waals surface area contributed by atoms with Crippen molar-refractivity contribution in [2.75, 3.05) is 11.9 Å². The number of H-pyrrole nitrogens is 1. The summed E-state index contributed by atoms with van der Waals surface area (Å²) in [6.07, 6.45) is 1.38. The first-order valence-corrected chi connectivity index (χ1v) is 9.76. The topological polar surface area (TPSA) is 102 Å². The molecule has 0 spiro atoms. The van der Waals surface area contributed by atoms with Gasteiger partial charge in [-0.3, -0.25) is 9.89 Å². The van der Waals surface area contributed by atoms with Crippen molar-refractivity contribution < 1.29 is 14.3 Å². The van der Waals surface area contributed by atoms with Gasteiger partial charge in [0.25, 0.3) is 5.91 Å². The fourth-order valence-electron chi connectivity index (χ4n) is 2.76. The van der Waals surface area contributed by atoms with E-state index in [-0.39, 0.29) is 23.7 Å². The molecule has 1 aromatic carbocycles. The molecule has 2 N–H and O–H groups in total. The minimum absolute atomic E-state index is 0.165. The quantitative estimate of drug-likeness (QED) is 0.474. The normalized spacial score (nSPS) is 10.7. The zero-order valence-corrected chi connectivity index (χ0v) is 16.3. The first kappa shape index (κ1) is 18.6. The van der Waals surface area contributed by atoms with E-state index in [4.69, 9.17) is 4.74 Å². The van der Waals surface area contributed by atoms with Crippen LogP contribution in [0.5, 0.6) is 0 Å². The Balaban J connectivity index is 1.67. The Morgan fingerprint density at radius 2 is 2.03 bits per heavy atom. The van der Waals surface area contributed by atoms with Crippen molar-refractivity contribution in [3.63, 3.8) is 0 Å². The van der Waals surface area contributed by atoms with E-state index < -0.39 is 11.9 Å². The van der Waals surface area contributed by atoms with Gasteiger partial charge in [-0.05, 0) is 36.6 Å². The summed E-state index contributed by atoms with van der Waals surface area (Å²) in [5.74, 6) is -0.807. The predicted octanol–water partition coefficient (Wildman–Crippen LogP) is 3.75. The van der Waals surface area contributed by atoms with Crippen LogP contribution in [-0.2, 0) is 4.74 Å². The fourth-order valence-corrected chi connectivity index (χ4v) is 3.45. The van der Waals surface area contributed by atoms with Crippen molar-refractivity contribution in [2.45, 2.75) is 6.92 Å². The van der Waals surface area contributed by atoms with E-state index in [0.29, 0.717) is 5.69 Å². The van der Waals surface area contributed by atoms with Crippen LogP contribution in [0.4, 0.5) is 5.82 Å². The molecule has 0 aliphatic rings. The third-order valence-corrected chi connectivity index (χ3v) is 5.00. The van der Waals surface area contributed by atoms with Gasteiger partial charge in [-0.2, -0.15) is 10.2 Å². The number of nitrogens with zero attached hydrogens (tertiary/aromatic N) is 3. The Kier molecular flexibility index (Phi) is 5.21. The number of hydrogen-bond acceptors (Lipinski definition) is 6. The number of para-hydroxylation sites is 1. The highest BCUT2D eigenvalue weighted by Crippen LogP contribution is 2.25. The molecule has 0 saturated carbocycles. The minimum atomic E-state index is -0.564. The van der Waals surface area contributed by atoms with Gasteiger partial charge in [0.2, 0.25) is 0 Å². The van der Waals surface area contributed by atoms with Crippen LogP contribution in [0.25, 0.3) is 16.3 Å². The van der Waals surface area contributed by atoms with Crippen molar-refractivity contribution in [1.29, 1.82) is 0 Å². The molecule has 0 unspecified atom stereocenters. The zero-order valence-electron chi connectivity index (χ0n) is 15.5. The van der Waals surface area contributed by atoms with Crippen molar-refractivity contribution >= 4 is 29.0 Å². The van der Waals surface area contributed by atoms with E-state index in [1.807, 2.05) is 47.8 Å². The summed E-state index contributed by atoms with van der Waals surface area (Å²) in [5.41, 5.74) is 1.80. The molecule has 1 amide bonds. The number of nitrogens with one attached hydrogen (secondary N) is 2. The van der Waals surface area contributed by atoms with Crippen molar-refractivity contribution in [3.05, 3.63) is 71.4 Å². The van der Waals surface area contributed by atoms with E-state index in [9.17, 15) is 9.59 Å². The number of thiophene rings is 1. The number of hydrogen-bond donors (Lipinski definition) is 2. The number of esters is 1. The van der Waals surface area contributed by atoms with Gasteiger partial charge in [0.15, 0.2) is 11.5 Å². The second-order valence-corrected chi connectivity index (χ2v) is 6.92. The molecule has 146 valence electrons. The van der Waals surface area contributed by atoms with Gasteiger partial charge in [-0.15, -0.1) is 11.3 Å². The van der Waals surface area contributed by atoms with Crippen LogP contribution in [0, 0.1) is 0 Å². The Morgan fingerprint density at radius 1 is 1.21 bits per heavy atom. The van der Waals surface area contributed by atoms with Gasteiger partial charge in [-0.25, -0.2) is 9.48 Å². The van der Waals surface area contributed by atoms with E-state index in [1.165, 1.54) is 22.2 Å². The molecule has 0 fully saturated rings. The molecule has 4 rings (SSSR count). The van der Waals surface area contributed by atoms with E-state index in [0.717, 1.165) is 10.6 Å². The first-order valence-electron chi connectivity index (χ1n) is 8.88. The third-order valence-electron chi connectivity index (χ3n) is 4.09. The summed E-state index contributed by atoms with van der Waals surface area (Å²) in [7, 11) is 0. The number of aromatic nitrogens is 4. The van der Waals surface area contributed by atoms with E-state index >= 15 is 0 Å². The summed E-state index contributed by atoms with van der Waals surface area (Å²) in [6, 6.07) is 14.7. The van der Waals surface area contributed by atoms with Gasteiger partial charge in [0.05, 0.1) is 29.1 Å². The van der Waals surface area contributed by atoms with Gasteiger partial charge in [0, 0.05) is 0 Å². The Hall–Kier alpha value is -3.72. The van der Waals surface area contributed by atoms with Crippen molar-refractivity contribution in [2.24, 2.45) is 0 Å². The van der Waals surface area contributed by atoms with E-state index in [1.54, 1.807) is 13.0 Å². The number of anilines is 1. The highest BCUT2D eigenvalue weighted by Gasteiger charge is 2.23. The summed E-state index contributed by atoms with van der Waals surface area (Å²) in [4.78, 5) is 26.1. The van der Waals surface area contributed by atoms with Crippen molar-refractivity contribution in [3.8, 4) is 16.3 Å². The van der Waals surface area contributed by atoms with Crippen LogP contribution in [-0.4, -0.2) is 38.5 Å². The van der Waals surface area contributed by atoms with Crippen LogP contribution in [0.2, 0.25) is 0 Å². The average molecular weight is 407 g/mol. The molecule has 0 radical (unpaired) electrons. The minimum Gasteiger partial charge on any atom is -0.462 e. The Morgan fingerprint density at radius 3 is 2.76 bits per heavy atom. The van der Waals surface area contributed by atoms with Crippen LogP contribution in [0.3, 0.4) is 0 Å². The lowest BCUT2D eigenvalue weighted by Gasteiger charge is -2.10. The Bertz CT molecular complexity index is 1130. The molecule has 0 aliphatic carbocycles. The molecule has 0 saturated heterocycles. The maximum atomic E-state index is 12.8. The van der Waals surface area contributed by atoms with Gasteiger partial charge in [-0.1, -0.05) is 24.3 Å². The summed E-state index contributed by atoms with van der Waals surface area (Å²) in [5, 5.41) is 15.9. The highest BCUT2D eigenvalue weighted by atomic mass is 32.1. The first-order chi connectivity index (χ1) is 14.2. The molecule has 0 bridgehead atoms. The molecule has 29 heavy (non-hydrogen) atoms. The number of amides is 1. The molecular formula is C20H17N5O3S. The summed E-state index contributed by atoms with van der Waals surface area (Å²) < 4.78 is 6.58. The summed E-state index contributed by atoms with van der Waals surface area (Å²) in [6.45, 7) is 1.93. The number of aromatic amines is 1. The number of benzene rings is 1. The van der Waals surface area contributed by atoms with Crippen molar-refractivity contribution in [1.82, 2.24) is 20.0 Å². The van der Waals surface area contributed by atoms with Gasteiger partial charge in [0.1, 0.15) is 5.56 Å². The average Bonchev–Trinajstić information content (AvgIpc) is 3.48. The second kappa shape index (κ2) is 8.11. The SMILES string of the molecule is CCOC(=O)c1cnn(-c2ccccc2)c1NC(=O)c1cc(-c2cccs2)[nH]n1. The zero-order chi connectivity index (χ0) is 20.2. The van der Waals surface area contributed by atoms with E-state index in [2.05, 4.69) is 20.6 Å². The maximum absolute atomic E-state index is 12.8. The highest BCUT2D eigenvalue weighted by molar-refractivity contribution is 7.13. The van der Waals surface area contributed by atoms with Gasteiger partial charge >= 0.3 is 5.97 Å². The summed E-state index contributed by atoms with van der Waals surface area (Å²) >= 11 is 1.54. The fraction of sp³-hybridized carbons (Fsp3) is 0.100. The van der Waals surface area contributed by atoms with Crippen LogP contribution in [0.15, 0.2) is 60.1 Å². The number of carbonyl (C=O) groups is 2. The number of carbonyl (C=O) groups excluding carboxylic acids is 2. The molecular weight excluding hydrogens is 390 g/mol. The number of rotatable bonds is 6. The molecule has 8 nitrogen and oxygen atoms in total. The van der Waals surface area contributed by atoms with Crippen LogP contribution < -0.4 is 5.32 Å². The molecule has 9 heteroatoms. The standard InChI is InChI=1S/C20H17N5O3S/c1-2-28-20(27)14-12-21-25(13-7-4-3-5-8-13)18(14)22-19(26)16-11-15(23-24-16)17-9-6-10-29-17/h3-12H,2H2,1H3,(H,22,26)(H,23,24). The monoisotopic (exact) mass is 407 g/mol. The molecule has 3 heterocycles. The number of ether oxygens (including phenoxy) is 1.